The molecule has 2 aliphatic heterocycles. The maximum atomic E-state index is 13.2. The SMILES string of the molecule is O=C(CCCCCN1C(=O)C(=C2SC(=S)N(CCCCCC(=O)Nc3ccc(O)cc3)C2=O)SC1=S)Nc1ccc(O)cc1. The van der Waals surface area contributed by atoms with E-state index in [2.05, 4.69) is 10.6 Å². The Hall–Kier alpha value is -3.46. The molecule has 232 valence electrons. The van der Waals surface area contributed by atoms with Crippen LogP contribution in [0, 0.1) is 0 Å². The molecule has 0 atom stereocenters. The van der Waals surface area contributed by atoms with Crippen LogP contribution >= 0.6 is 48.0 Å². The number of phenols is 2. The number of carbonyl (C=O) groups is 4. The van der Waals surface area contributed by atoms with Crippen molar-refractivity contribution in [1.82, 2.24) is 9.80 Å². The Morgan fingerprint density at radius 3 is 1.34 bits per heavy atom. The quantitative estimate of drug-likeness (QED) is 0.0852. The van der Waals surface area contributed by atoms with Crippen molar-refractivity contribution in [1.29, 1.82) is 0 Å². The predicted molar refractivity (Wildman–Crippen MR) is 181 cm³/mol. The average Bonchev–Trinajstić information content (AvgIpc) is 3.43. The van der Waals surface area contributed by atoms with Gasteiger partial charge in [-0.1, -0.05) is 60.8 Å². The zero-order valence-corrected chi connectivity index (χ0v) is 27.0. The fourth-order valence-electron chi connectivity index (χ4n) is 4.46. The van der Waals surface area contributed by atoms with E-state index in [0.29, 0.717) is 81.4 Å². The number of benzene rings is 2. The number of unbranched alkanes of at least 4 members (excludes halogenated alkanes) is 4. The van der Waals surface area contributed by atoms with Gasteiger partial charge in [-0.25, -0.2) is 0 Å². The molecule has 2 aromatic carbocycles. The summed E-state index contributed by atoms with van der Waals surface area (Å²) in [5.74, 6) is -0.595. The Bertz CT molecular complexity index is 1350. The molecule has 0 radical (unpaired) electrons. The third-order valence-corrected chi connectivity index (χ3v) is 9.80. The summed E-state index contributed by atoms with van der Waals surface area (Å²) in [6.45, 7) is 0.794. The van der Waals surface area contributed by atoms with Gasteiger partial charge >= 0.3 is 0 Å². The van der Waals surface area contributed by atoms with Crippen LogP contribution < -0.4 is 10.6 Å². The molecule has 4 amide bonds. The fraction of sp³-hybridized carbons (Fsp3) is 0.333. The maximum absolute atomic E-state index is 13.2. The second kappa shape index (κ2) is 16.0. The highest BCUT2D eigenvalue weighted by Crippen LogP contribution is 2.42. The number of thiocarbonyl (C=S) groups is 2. The highest BCUT2D eigenvalue weighted by atomic mass is 32.2. The second-order valence-corrected chi connectivity index (χ2v) is 13.4. The van der Waals surface area contributed by atoms with Gasteiger partial charge in [0.25, 0.3) is 11.8 Å². The van der Waals surface area contributed by atoms with Crippen molar-refractivity contribution >= 4 is 91.6 Å². The first-order chi connectivity index (χ1) is 21.1. The van der Waals surface area contributed by atoms with Crippen molar-refractivity contribution in [3.05, 3.63) is 58.3 Å². The summed E-state index contributed by atoms with van der Waals surface area (Å²) in [6.07, 6.45) is 4.68. The van der Waals surface area contributed by atoms with Crippen molar-refractivity contribution in [2.75, 3.05) is 23.7 Å². The fourth-order valence-corrected chi connectivity index (χ4v) is 7.23. The summed E-state index contributed by atoms with van der Waals surface area (Å²) in [5, 5.41) is 24.2. The van der Waals surface area contributed by atoms with Crippen molar-refractivity contribution < 1.29 is 29.4 Å². The van der Waals surface area contributed by atoms with Gasteiger partial charge in [0.2, 0.25) is 11.8 Å². The van der Waals surface area contributed by atoms with Crippen LogP contribution in [0.2, 0.25) is 0 Å². The van der Waals surface area contributed by atoms with E-state index in [1.54, 1.807) is 24.3 Å². The number of hydrogen-bond acceptors (Lipinski definition) is 10. The molecule has 0 spiro atoms. The molecule has 14 heteroatoms. The lowest BCUT2D eigenvalue weighted by molar-refractivity contribution is -0.124. The number of nitrogens with zero attached hydrogens (tertiary/aromatic N) is 2. The van der Waals surface area contributed by atoms with E-state index in [1.165, 1.54) is 34.1 Å². The lowest BCUT2D eigenvalue weighted by atomic mass is 10.1. The van der Waals surface area contributed by atoms with Gasteiger partial charge in [-0.05, 0) is 74.2 Å². The molecule has 0 saturated carbocycles. The lowest BCUT2D eigenvalue weighted by Gasteiger charge is -2.14. The van der Waals surface area contributed by atoms with E-state index in [1.807, 2.05) is 0 Å². The van der Waals surface area contributed by atoms with Gasteiger partial charge in [-0.2, -0.15) is 0 Å². The van der Waals surface area contributed by atoms with Crippen LogP contribution in [0.5, 0.6) is 11.5 Å². The number of hydrogen-bond donors (Lipinski definition) is 4. The summed E-state index contributed by atoms with van der Waals surface area (Å²) in [6, 6.07) is 12.5. The number of thioether (sulfide) groups is 2. The summed E-state index contributed by atoms with van der Waals surface area (Å²) >= 11 is 13.1. The lowest BCUT2D eigenvalue weighted by Crippen LogP contribution is -2.31. The average molecular weight is 673 g/mol. The Morgan fingerprint density at radius 1 is 0.614 bits per heavy atom. The summed E-state index contributed by atoms with van der Waals surface area (Å²) in [4.78, 5) is 54.2. The van der Waals surface area contributed by atoms with E-state index in [0.717, 1.165) is 36.4 Å². The van der Waals surface area contributed by atoms with Crippen molar-refractivity contribution in [2.24, 2.45) is 0 Å². The molecule has 0 bridgehead atoms. The van der Waals surface area contributed by atoms with Gasteiger partial charge < -0.3 is 20.8 Å². The molecule has 2 heterocycles. The normalized spacial score (nSPS) is 16.6. The molecule has 0 unspecified atom stereocenters. The summed E-state index contributed by atoms with van der Waals surface area (Å²) in [7, 11) is 0. The molecule has 10 nitrogen and oxygen atoms in total. The predicted octanol–water partition coefficient (Wildman–Crippen LogP) is 5.73. The Kier molecular flexibility index (Phi) is 12.2. The van der Waals surface area contributed by atoms with Gasteiger partial charge in [-0.3, -0.25) is 29.0 Å². The monoisotopic (exact) mass is 672 g/mol. The van der Waals surface area contributed by atoms with Gasteiger partial charge in [0.05, 0.1) is 9.81 Å². The Balaban J connectivity index is 1.16. The van der Waals surface area contributed by atoms with Gasteiger partial charge in [0.15, 0.2) is 0 Å². The minimum atomic E-state index is -0.301. The first-order valence-electron chi connectivity index (χ1n) is 14.1. The van der Waals surface area contributed by atoms with E-state index in [-0.39, 0.29) is 35.1 Å². The Labute approximate surface area is 274 Å². The molecule has 0 aliphatic carbocycles. The molecule has 2 aromatic rings. The molecule has 4 rings (SSSR count). The molecular weight excluding hydrogens is 641 g/mol. The number of rotatable bonds is 14. The Morgan fingerprint density at radius 2 is 0.977 bits per heavy atom. The minimum Gasteiger partial charge on any atom is -0.508 e. The van der Waals surface area contributed by atoms with E-state index < -0.39 is 0 Å². The molecular formula is C30H32N4O6S4. The highest BCUT2D eigenvalue weighted by molar-refractivity contribution is 8.29. The largest absolute Gasteiger partial charge is 0.508 e. The van der Waals surface area contributed by atoms with Crippen LogP contribution in [0.4, 0.5) is 11.4 Å². The van der Waals surface area contributed by atoms with Crippen molar-refractivity contribution in [3.63, 3.8) is 0 Å². The van der Waals surface area contributed by atoms with Crippen LogP contribution in [-0.2, 0) is 19.2 Å². The van der Waals surface area contributed by atoms with E-state index in [4.69, 9.17) is 24.4 Å². The van der Waals surface area contributed by atoms with Gasteiger partial charge in [0, 0.05) is 37.3 Å². The molecule has 0 aromatic heterocycles. The third kappa shape index (κ3) is 9.27. The number of carbonyl (C=O) groups excluding carboxylic acids is 4. The number of phenolic OH excluding ortho intramolecular Hbond substituents is 2. The van der Waals surface area contributed by atoms with Crippen LogP contribution in [-0.4, -0.2) is 65.4 Å². The molecule has 2 fully saturated rings. The minimum absolute atomic E-state index is 0.126. The topological polar surface area (TPSA) is 139 Å². The van der Waals surface area contributed by atoms with Gasteiger partial charge in [-0.15, -0.1) is 0 Å². The standard InChI is InChI=1S/C30H32N4O6S4/c35-21-13-9-19(10-14-21)31-23(37)7-3-1-5-17-33-27(39)25(43-29(33)41)26-28(40)34(30(42)44-26)18-6-2-4-8-24(38)32-20-11-15-22(36)16-12-20/h9-16,35-36H,1-8,17-18H2,(H,31,37)(H,32,38). The zero-order valence-electron chi connectivity index (χ0n) is 23.7. The van der Waals surface area contributed by atoms with Gasteiger partial charge in [0.1, 0.15) is 20.1 Å². The van der Waals surface area contributed by atoms with Crippen LogP contribution in [0.25, 0.3) is 0 Å². The van der Waals surface area contributed by atoms with Crippen molar-refractivity contribution in [2.45, 2.75) is 51.4 Å². The second-order valence-electron chi connectivity index (χ2n) is 10.1. The van der Waals surface area contributed by atoms with Crippen LogP contribution in [0.1, 0.15) is 51.4 Å². The van der Waals surface area contributed by atoms with E-state index >= 15 is 0 Å². The van der Waals surface area contributed by atoms with Crippen LogP contribution in [0.15, 0.2) is 58.3 Å². The number of nitrogens with one attached hydrogen (secondary N) is 2. The van der Waals surface area contributed by atoms with Crippen molar-refractivity contribution in [3.8, 4) is 11.5 Å². The van der Waals surface area contributed by atoms with E-state index in [9.17, 15) is 29.4 Å². The zero-order chi connectivity index (χ0) is 31.6. The summed E-state index contributed by atoms with van der Waals surface area (Å²) in [5.41, 5.74) is 1.23. The maximum Gasteiger partial charge on any atom is 0.267 e. The molecule has 2 aliphatic rings. The number of anilines is 2. The smallest absolute Gasteiger partial charge is 0.267 e. The molecule has 44 heavy (non-hydrogen) atoms. The van der Waals surface area contributed by atoms with Crippen LogP contribution in [0.3, 0.4) is 0 Å². The highest BCUT2D eigenvalue weighted by Gasteiger charge is 2.41. The molecule has 4 N–H and O–H groups in total. The third-order valence-electron chi connectivity index (χ3n) is 6.78. The molecule has 2 saturated heterocycles. The number of amides is 4. The first-order valence-corrected chi connectivity index (χ1v) is 16.6. The summed E-state index contributed by atoms with van der Waals surface area (Å²) < 4.78 is 0.789. The number of aromatic hydroxyl groups is 2. The first kappa shape index (κ1) is 33.4.